The molecule has 0 aromatic heterocycles. The Labute approximate surface area is 123 Å². The van der Waals surface area contributed by atoms with E-state index in [9.17, 15) is 13.6 Å². The van der Waals surface area contributed by atoms with Crippen molar-refractivity contribution >= 4 is 5.91 Å². The fraction of sp³-hybridized carbons (Fsp3) is 0.533. The standard InChI is InChI=1S/C15H20F2N2O2/c1-21-8-7-19(10-12-3-2-6-18-12)15(20)13-9-11(16)4-5-14(13)17/h4-5,9,12,18H,2-3,6-8,10H2,1H3. The highest BCUT2D eigenvalue weighted by Gasteiger charge is 2.24. The number of methoxy groups -OCH3 is 1. The van der Waals surface area contributed by atoms with Crippen LogP contribution in [-0.2, 0) is 4.74 Å². The van der Waals surface area contributed by atoms with Gasteiger partial charge < -0.3 is 15.0 Å². The predicted molar refractivity (Wildman–Crippen MR) is 75.2 cm³/mol. The van der Waals surface area contributed by atoms with Crippen molar-refractivity contribution in [3.8, 4) is 0 Å². The van der Waals surface area contributed by atoms with Crippen LogP contribution in [0.5, 0.6) is 0 Å². The van der Waals surface area contributed by atoms with Crippen molar-refractivity contribution in [2.45, 2.75) is 18.9 Å². The molecule has 1 aromatic carbocycles. The lowest BCUT2D eigenvalue weighted by Crippen LogP contribution is -2.43. The van der Waals surface area contributed by atoms with Gasteiger partial charge in [0, 0.05) is 26.2 Å². The number of hydrogen-bond acceptors (Lipinski definition) is 3. The van der Waals surface area contributed by atoms with Crippen LogP contribution in [0.15, 0.2) is 18.2 Å². The van der Waals surface area contributed by atoms with Gasteiger partial charge in [-0.05, 0) is 37.6 Å². The molecule has 1 amide bonds. The summed E-state index contributed by atoms with van der Waals surface area (Å²) in [6.45, 7) is 2.10. The zero-order valence-corrected chi connectivity index (χ0v) is 12.1. The van der Waals surface area contributed by atoms with Crippen LogP contribution in [0.3, 0.4) is 0 Å². The number of carbonyl (C=O) groups excluding carboxylic acids is 1. The third-order valence-electron chi connectivity index (χ3n) is 3.61. The summed E-state index contributed by atoms with van der Waals surface area (Å²) in [5.41, 5.74) is -0.232. The number of ether oxygens (including phenoxy) is 1. The molecule has 2 rings (SSSR count). The average molecular weight is 298 g/mol. The van der Waals surface area contributed by atoms with E-state index < -0.39 is 17.5 Å². The molecule has 0 aliphatic carbocycles. The first kappa shape index (κ1) is 15.9. The highest BCUT2D eigenvalue weighted by atomic mass is 19.1. The Balaban J connectivity index is 2.13. The van der Waals surface area contributed by atoms with Gasteiger partial charge in [0.25, 0.3) is 5.91 Å². The van der Waals surface area contributed by atoms with Crippen LogP contribution in [0.4, 0.5) is 8.78 Å². The molecule has 1 aromatic rings. The van der Waals surface area contributed by atoms with Crippen LogP contribution in [0.1, 0.15) is 23.2 Å². The summed E-state index contributed by atoms with van der Waals surface area (Å²) in [5, 5.41) is 3.29. The molecule has 21 heavy (non-hydrogen) atoms. The highest BCUT2D eigenvalue weighted by Crippen LogP contribution is 2.14. The molecule has 1 atom stereocenters. The Kier molecular flexibility index (Phi) is 5.64. The minimum Gasteiger partial charge on any atom is -0.383 e. The molecule has 6 heteroatoms. The van der Waals surface area contributed by atoms with Crippen molar-refractivity contribution in [3.05, 3.63) is 35.4 Å². The molecule has 0 saturated carbocycles. The van der Waals surface area contributed by atoms with E-state index in [1.807, 2.05) is 0 Å². The van der Waals surface area contributed by atoms with Gasteiger partial charge in [0.2, 0.25) is 0 Å². The topological polar surface area (TPSA) is 41.6 Å². The van der Waals surface area contributed by atoms with Crippen LogP contribution in [-0.4, -0.2) is 50.2 Å². The third-order valence-corrected chi connectivity index (χ3v) is 3.61. The maximum atomic E-state index is 13.8. The molecule has 1 heterocycles. The van der Waals surface area contributed by atoms with Gasteiger partial charge in [0.05, 0.1) is 12.2 Å². The van der Waals surface area contributed by atoms with Gasteiger partial charge in [-0.3, -0.25) is 4.79 Å². The van der Waals surface area contributed by atoms with Crippen molar-refractivity contribution in [1.29, 1.82) is 0 Å². The number of nitrogens with one attached hydrogen (secondary N) is 1. The second kappa shape index (κ2) is 7.47. The number of halogens is 2. The number of nitrogens with zero attached hydrogens (tertiary/aromatic N) is 1. The van der Waals surface area contributed by atoms with E-state index in [2.05, 4.69) is 5.32 Å². The van der Waals surface area contributed by atoms with Crippen LogP contribution < -0.4 is 5.32 Å². The summed E-state index contributed by atoms with van der Waals surface area (Å²) in [6.07, 6.45) is 2.04. The van der Waals surface area contributed by atoms with Crippen LogP contribution in [0.25, 0.3) is 0 Å². The van der Waals surface area contributed by atoms with E-state index in [4.69, 9.17) is 4.74 Å². The van der Waals surface area contributed by atoms with Crippen molar-refractivity contribution in [3.63, 3.8) is 0 Å². The zero-order valence-electron chi connectivity index (χ0n) is 12.1. The Bertz CT molecular complexity index is 491. The normalized spacial score (nSPS) is 18.0. The Morgan fingerprint density at radius 3 is 2.95 bits per heavy atom. The highest BCUT2D eigenvalue weighted by molar-refractivity contribution is 5.94. The van der Waals surface area contributed by atoms with Crippen molar-refractivity contribution in [2.75, 3.05) is 33.4 Å². The van der Waals surface area contributed by atoms with Crippen molar-refractivity contribution in [1.82, 2.24) is 10.2 Å². The Hall–Kier alpha value is -1.53. The van der Waals surface area contributed by atoms with Gasteiger partial charge >= 0.3 is 0 Å². The molecule has 0 spiro atoms. The minimum absolute atomic E-state index is 0.197. The molecule has 1 aliphatic rings. The molecule has 1 N–H and O–H groups in total. The SMILES string of the molecule is COCCN(CC1CCCN1)C(=O)c1cc(F)ccc1F. The second-order valence-corrected chi connectivity index (χ2v) is 5.16. The number of hydrogen-bond donors (Lipinski definition) is 1. The van der Waals surface area contributed by atoms with E-state index in [0.29, 0.717) is 19.7 Å². The number of amides is 1. The molecular weight excluding hydrogens is 278 g/mol. The molecule has 4 nitrogen and oxygen atoms in total. The van der Waals surface area contributed by atoms with E-state index in [0.717, 1.165) is 37.6 Å². The first-order valence-corrected chi connectivity index (χ1v) is 7.08. The summed E-state index contributed by atoms with van der Waals surface area (Å²) >= 11 is 0. The zero-order chi connectivity index (χ0) is 15.2. The van der Waals surface area contributed by atoms with E-state index in [1.165, 1.54) is 4.90 Å². The van der Waals surface area contributed by atoms with Gasteiger partial charge in [0.1, 0.15) is 11.6 Å². The lowest BCUT2D eigenvalue weighted by molar-refractivity contribution is 0.0674. The lowest BCUT2D eigenvalue weighted by atomic mass is 10.1. The van der Waals surface area contributed by atoms with Crippen LogP contribution in [0, 0.1) is 11.6 Å². The van der Waals surface area contributed by atoms with Crippen molar-refractivity contribution in [2.24, 2.45) is 0 Å². The summed E-state index contributed by atoms with van der Waals surface area (Å²) in [4.78, 5) is 14.0. The van der Waals surface area contributed by atoms with Gasteiger partial charge in [-0.15, -0.1) is 0 Å². The van der Waals surface area contributed by atoms with Gasteiger partial charge in [0.15, 0.2) is 0 Å². The van der Waals surface area contributed by atoms with Crippen LogP contribution in [0.2, 0.25) is 0 Å². The quantitative estimate of drug-likeness (QED) is 0.871. The maximum absolute atomic E-state index is 13.8. The summed E-state index contributed by atoms with van der Waals surface area (Å²) in [5.74, 6) is -1.83. The molecule has 1 aliphatic heterocycles. The molecule has 116 valence electrons. The Morgan fingerprint density at radius 2 is 2.29 bits per heavy atom. The number of rotatable bonds is 6. The smallest absolute Gasteiger partial charge is 0.257 e. The fourth-order valence-corrected chi connectivity index (χ4v) is 2.49. The van der Waals surface area contributed by atoms with E-state index in [1.54, 1.807) is 7.11 Å². The molecule has 1 unspecified atom stereocenters. The molecule has 0 radical (unpaired) electrons. The number of benzene rings is 1. The number of carbonyl (C=O) groups is 1. The summed E-state index contributed by atoms with van der Waals surface area (Å²) < 4.78 is 32.0. The van der Waals surface area contributed by atoms with Crippen LogP contribution >= 0.6 is 0 Å². The minimum atomic E-state index is -0.705. The first-order valence-electron chi connectivity index (χ1n) is 7.08. The third kappa shape index (κ3) is 4.22. The van der Waals surface area contributed by atoms with Gasteiger partial charge in [-0.25, -0.2) is 8.78 Å². The summed E-state index contributed by atoms with van der Waals surface area (Å²) in [7, 11) is 1.54. The maximum Gasteiger partial charge on any atom is 0.257 e. The van der Waals surface area contributed by atoms with E-state index in [-0.39, 0.29) is 11.6 Å². The van der Waals surface area contributed by atoms with Gasteiger partial charge in [-0.1, -0.05) is 0 Å². The Morgan fingerprint density at radius 1 is 1.48 bits per heavy atom. The molecule has 0 bridgehead atoms. The average Bonchev–Trinajstić information content (AvgIpc) is 2.98. The second-order valence-electron chi connectivity index (χ2n) is 5.16. The molecular formula is C15H20F2N2O2. The fourth-order valence-electron chi connectivity index (χ4n) is 2.49. The monoisotopic (exact) mass is 298 g/mol. The predicted octanol–water partition coefficient (Wildman–Crippen LogP) is 1.81. The van der Waals surface area contributed by atoms with Gasteiger partial charge in [-0.2, -0.15) is 0 Å². The molecule has 1 fully saturated rings. The van der Waals surface area contributed by atoms with E-state index >= 15 is 0 Å². The molecule has 1 saturated heterocycles. The lowest BCUT2D eigenvalue weighted by Gasteiger charge is -2.26. The van der Waals surface area contributed by atoms with Crippen molar-refractivity contribution < 1.29 is 18.3 Å². The first-order chi connectivity index (χ1) is 10.1. The largest absolute Gasteiger partial charge is 0.383 e. The summed E-state index contributed by atoms with van der Waals surface area (Å²) in [6, 6.07) is 3.12.